The molecule has 1 aromatic heterocycles. The quantitative estimate of drug-likeness (QED) is 0.665. The molecule has 1 saturated heterocycles. The summed E-state index contributed by atoms with van der Waals surface area (Å²) >= 11 is 1.72. The lowest BCUT2D eigenvalue weighted by Gasteiger charge is -2.34. The van der Waals surface area contributed by atoms with E-state index < -0.39 is 0 Å². The SMILES string of the molecule is Cc1csc(CN2CCN(C(=O)Cc3cccc4ccccc34)CC2)n1.Cl. The van der Waals surface area contributed by atoms with Gasteiger partial charge in [-0.3, -0.25) is 9.69 Å². The fourth-order valence-electron chi connectivity index (χ4n) is 3.54. The smallest absolute Gasteiger partial charge is 0.227 e. The molecule has 0 aliphatic carbocycles. The summed E-state index contributed by atoms with van der Waals surface area (Å²) in [6.45, 7) is 6.36. The Labute approximate surface area is 170 Å². The molecule has 27 heavy (non-hydrogen) atoms. The van der Waals surface area contributed by atoms with Crippen molar-refractivity contribution < 1.29 is 4.79 Å². The molecule has 2 aromatic carbocycles. The summed E-state index contributed by atoms with van der Waals surface area (Å²) in [4.78, 5) is 21.7. The zero-order chi connectivity index (χ0) is 17.9. The topological polar surface area (TPSA) is 36.4 Å². The lowest BCUT2D eigenvalue weighted by molar-refractivity contribution is -0.132. The van der Waals surface area contributed by atoms with Crippen LogP contribution in [0.1, 0.15) is 16.3 Å². The second kappa shape index (κ2) is 8.83. The van der Waals surface area contributed by atoms with Crippen LogP contribution in [0.4, 0.5) is 0 Å². The fraction of sp³-hybridized carbons (Fsp3) is 0.333. The fourth-order valence-corrected chi connectivity index (χ4v) is 4.36. The number of carbonyl (C=O) groups excluding carboxylic acids is 1. The van der Waals surface area contributed by atoms with Crippen LogP contribution in [-0.4, -0.2) is 46.9 Å². The maximum Gasteiger partial charge on any atom is 0.227 e. The van der Waals surface area contributed by atoms with E-state index in [1.807, 2.05) is 30.0 Å². The number of thiazole rings is 1. The zero-order valence-corrected chi connectivity index (χ0v) is 17.1. The van der Waals surface area contributed by atoms with E-state index in [9.17, 15) is 4.79 Å². The van der Waals surface area contributed by atoms with Crippen molar-refractivity contribution in [3.8, 4) is 0 Å². The normalized spacial score (nSPS) is 14.9. The van der Waals surface area contributed by atoms with Gasteiger partial charge in [0, 0.05) is 37.3 Å². The minimum atomic E-state index is 0. The predicted molar refractivity (Wildman–Crippen MR) is 114 cm³/mol. The van der Waals surface area contributed by atoms with Crippen LogP contribution in [0.5, 0.6) is 0 Å². The van der Waals surface area contributed by atoms with Crippen LogP contribution >= 0.6 is 23.7 Å². The number of nitrogens with zero attached hydrogens (tertiary/aromatic N) is 3. The molecule has 0 bridgehead atoms. The number of benzene rings is 2. The van der Waals surface area contributed by atoms with Crippen LogP contribution in [0, 0.1) is 6.92 Å². The van der Waals surface area contributed by atoms with E-state index in [4.69, 9.17) is 0 Å². The minimum Gasteiger partial charge on any atom is -0.340 e. The van der Waals surface area contributed by atoms with Gasteiger partial charge in [0.1, 0.15) is 5.01 Å². The summed E-state index contributed by atoms with van der Waals surface area (Å²) in [7, 11) is 0. The Kier molecular flexibility index (Phi) is 6.47. The monoisotopic (exact) mass is 401 g/mol. The highest BCUT2D eigenvalue weighted by Crippen LogP contribution is 2.20. The number of piperazine rings is 1. The van der Waals surface area contributed by atoms with Crippen molar-refractivity contribution in [2.24, 2.45) is 0 Å². The average molecular weight is 402 g/mol. The molecular weight excluding hydrogens is 378 g/mol. The first-order chi connectivity index (χ1) is 12.7. The maximum absolute atomic E-state index is 12.8. The molecule has 4 nitrogen and oxygen atoms in total. The maximum atomic E-state index is 12.8. The molecule has 0 N–H and O–H groups in total. The lowest BCUT2D eigenvalue weighted by Crippen LogP contribution is -2.48. The molecule has 1 fully saturated rings. The Hall–Kier alpha value is -1.95. The third kappa shape index (κ3) is 4.67. The van der Waals surface area contributed by atoms with Gasteiger partial charge in [0.05, 0.1) is 13.0 Å². The Morgan fingerprint density at radius 2 is 1.81 bits per heavy atom. The number of halogens is 1. The highest BCUT2D eigenvalue weighted by molar-refractivity contribution is 7.09. The molecule has 0 atom stereocenters. The van der Waals surface area contributed by atoms with E-state index in [2.05, 4.69) is 39.5 Å². The number of carbonyl (C=O) groups is 1. The van der Waals surface area contributed by atoms with Crippen LogP contribution in [-0.2, 0) is 17.8 Å². The first kappa shape index (κ1) is 19.8. The summed E-state index contributed by atoms with van der Waals surface area (Å²) < 4.78 is 0. The number of aryl methyl sites for hydroxylation is 1. The van der Waals surface area contributed by atoms with Crippen molar-refractivity contribution in [2.45, 2.75) is 19.9 Å². The summed E-state index contributed by atoms with van der Waals surface area (Å²) in [6.07, 6.45) is 0.479. The van der Waals surface area contributed by atoms with Gasteiger partial charge in [0.25, 0.3) is 0 Å². The third-order valence-corrected chi connectivity index (χ3v) is 5.92. The number of fused-ring (bicyclic) bond motifs is 1. The van der Waals surface area contributed by atoms with Gasteiger partial charge in [0.2, 0.25) is 5.91 Å². The molecule has 0 saturated carbocycles. The van der Waals surface area contributed by atoms with Gasteiger partial charge < -0.3 is 4.90 Å². The highest BCUT2D eigenvalue weighted by Gasteiger charge is 2.22. The molecule has 0 radical (unpaired) electrons. The van der Waals surface area contributed by atoms with Crippen molar-refractivity contribution in [3.63, 3.8) is 0 Å². The van der Waals surface area contributed by atoms with Gasteiger partial charge in [-0.05, 0) is 23.3 Å². The Balaban J connectivity index is 0.00000210. The van der Waals surface area contributed by atoms with Gasteiger partial charge >= 0.3 is 0 Å². The number of hydrogen-bond acceptors (Lipinski definition) is 4. The van der Waals surface area contributed by atoms with Crippen LogP contribution < -0.4 is 0 Å². The van der Waals surface area contributed by atoms with E-state index >= 15 is 0 Å². The first-order valence-electron chi connectivity index (χ1n) is 9.07. The van der Waals surface area contributed by atoms with Gasteiger partial charge in [-0.2, -0.15) is 0 Å². The third-order valence-electron chi connectivity index (χ3n) is 4.97. The van der Waals surface area contributed by atoms with Gasteiger partial charge in [-0.15, -0.1) is 23.7 Å². The molecule has 2 heterocycles. The lowest BCUT2D eigenvalue weighted by atomic mass is 10.0. The largest absolute Gasteiger partial charge is 0.340 e. The highest BCUT2D eigenvalue weighted by atomic mass is 35.5. The van der Waals surface area contributed by atoms with Crippen LogP contribution in [0.3, 0.4) is 0 Å². The summed E-state index contributed by atoms with van der Waals surface area (Å²) in [5.74, 6) is 0.228. The van der Waals surface area contributed by atoms with Crippen LogP contribution in [0.2, 0.25) is 0 Å². The number of hydrogen-bond donors (Lipinski definition) is 0. The van der Waals surface area contributed by atoms with E-state index in [1.54, 1.807) is 11.3 Å². The molecule has 1 aliphatic rings. The minimum absolute atomic E-state index is 0. The van der Waals surface area contributed by atoms with E-state index in [1.165, 1.54) is 10.8 Å². The zero-order valence-electron chi connectivity index (χ0n) is 15.4. The van der Waals surface area contributed by atoms with Crippen LogP contribution in [0.25, 0.3) is 10.8 Å². The first-order valence-corrected chi connectivity index (χ1v) is 9.95. The molecule has 0 spiro atoms. The van der Waals surface area contributed by atoms with Gasteiger partial charge in [-0.25, -0.2) is 4.98 Å². The summed E-state index contributed by atoms with van der Waals surface area (Å²) in [6, 6.07) is 14.5. The number of rotatable bonds is 4. The Morgan fingerprint density at radius 1 is 1.07 bits per heavy atom. The van der Waals surface area contributed by atoms with Crippen molar-refractivity contribution in [1.29, 1.82) is 0 Å². The van der Waals surface area contributed by atoms with E-state index in [0.29, 0.717) is 6.42 Å². The molecule has 3 aromatic rings. The molecule has 1 aliphatic heterocycles. The average Bonchev–Trinajstić information content (AvgIpc) is 3.07. The van der Waals surface area contributed by atoms with Gasteiger partial charge in [0.15, 0.2) is 0 Å². The van der Waals surface area contributed by atoms with Crippen molar-refractivity contribution >= 4 is 40.4 Å². The predicted octanol–water partition coefficient (Wildman–Crippen LogP) is 3.91. The van der Waals surface area contributed by atoms with E-state index in [0.717, 1.165) is 49.0 Å². The Morgan fingerprint density at radius 3 is 2.56 bits per heavy atom. The molecule has 0 unspecified atom stereocenters. The Bertz CT molecular complexity index is 913. The van der Waals surface area contributed by atoms with Crippen molar-refractivity contribution in [2.75, 3.05) is 26.2 Å². The van der Waals surface area contributed by atoms with E-state index in [-0.39, 0.29) is 18.3 Å². The molecule has 6 heteroatoms. The van der Waals surface area contributed by atoms with Crippen molar-refractivity contribution in [1.82, 2.24) is 14.8 Å². The second-order valence-electron chi connectivity index (χ2n) is 6.85. The molecule has 4 rings (SSSR count). The van der Waals surface area contributed by atoms with Crippen molar-refractivity contribution in [3.05, 3.63) is 64.1 Å². The standard InChI is InChI=1S/C21H23N3OS.ClH/c1-16-15-26-20(22-16)14-23-9-11-24(12-10-23)21(25)13-18-7-4-6-17-5-2-3-8-19(17)18;/h2-8,15H,9-14H2,1H3;1H. The number of aromatic nitrogens is 1. The summed E-state index contributed by atoms with van der Waals surface area (Å²) in [5, 5.41) is 5.64. The van der Waals surface area contributed by atoms with Gasteiger partial charge in [-0.1, -0.05) is 42.5 Å². The molecule has 142 valence electrons. The molecular formula is C21H24ClN3OS. The number of amides is 1. The van der Waals surface area contributed by atoms with Crippen LogP contribution in [0.15, 0.2) is 47.8 Å². The molecule has 1 amide bonds. The second-order valence-corrected chi connectivity index (χ2v) is 7.80. The summed E-state index contributed by atoms with van der Waals surface area (Å²) in [5.41, 5.74) is 2.21.